The van der Waals surface area contributed by atoms with Crippen molar-refractivity contribution in [3.8, 4) is 5.88 Å². The van der Waals surface area contributed by atoms with E-state index in [-0.39, 0.29) is 17.4 Å². The van der Waals surface area contributed by atoms with Crippen LogP contribution in [-0.2, 0) is 0 Å². The third-order valence-electron chi connectivity index (χ3n) is 2.81. The van der Waals surface area contributed by atoms with Gasteiger partial charge in [0.2, 0.25) is 5.88 Å². The van der Waals surface area contributed by atoms with Crippen LogP contribution in [0.25, 0.3) is 0 Å². The molecule has 1 saturated carbocycles. The number of H-pyrrole nitrogens is 2. The Morgan fingerprint density at radius 1 is 1.15 bits per heavy atom. The van der Waals surface area contributed by atoms with Crippen molar-refractivity contribution in [2.45, 2.75) is 38.0 Å². The summed E-state index contributed by atoms with van der Waals surface area (Å²) in [6.45, 7) is 0. The molecule has 0 spiro atoms. The Kier molecular flexibility index (Phi) is 2.12. The van der Waals surface area contributed by atoms with Gasteiger partial charge in [-0.1, -0.05) is 19.3 Å². The van der Waals surface area contributed by atoms with Crippen molar-refractivity contribution >= 4 is 0 Å². The maximum atomic E-state index is 11.3. The summed E-state index contributed by atoms with van der Waals surface area (Å²) in [5.41, 5.74) is 0.393. The molecule has 1 aliphatic rings. The number of hydrogen-bond donors (Lipinski definition) is 3. The van der Waals surface area contributed by atoms with Crippen LogP contribution in [0.4, 0.5) is 0 Å². The molecule has 2 rings (SSSR count). The summed E-state index contributed by atoms with van der Waals surface area (Å²) < 4.78 is 0. The zero-order chi connectivity index (χ0) is 9.26. The first kappa shape index (κ1) is 8.41. The molecule has 1 aromatic heterocycles. The second-order valence-electron chi connectivity index (χ2n) is 3.68. The highest BCUT2D eigenvalue weighted by Crippen LogP contribution is 2.33. The third kappa shape index (κ3) is 1.48. The minimum Gasteiger partial charge on any atom is -0.493 e. The Bertz CT molecular complexity index is 334. The molecule has 0 amide bonds. The first-order valence-corrected chi connectivity index (χ1v) is 4.78. The molecule has 1 aromatic rings. The zero-order valence-electron chi connectivity index (χ0n) is 7.47. The van der Waals surface area contributed by atoms with Gasteiger partial charge in [0.15, 0.2) is 0 Å². The molecule has 1 aliphatic carbocycles. The lowest BCUT2D eigenvalue weighted by Crippen LogP contribution is -2.13. The van der Waals surface area contributed by atoms with Crippen LogP contribution in [0.1, 0.15) is 43.6 Å². The lowest BCUT2D eigenvalue weighted by Gasteiger charge is -2.19. The van der Waals surface area contributed by atoms with Gasteiger partial charge in [0.05, 0.1) is 5.56 Å². The summed E-state index contributed by atoms with van der Waals surface area (Å²) in [7, 11) is 0. The summed E-state index contributed by atoms with van der Waals surface area (Å²) in [6.07, 6.45) is 5.62. The first-order valence-electron chi connectivity index (χ1n) is 4.78. The van der Waals surface area contributed by atoms with Crippen LogP contribution in [-0.4, -0.2) is 15.3 Å². The smallest absolute Gasteiger partial charge is 0.271 e. The highest BCUT2D eigenvalue weighted by molar-refractivity contribution is 5.25. The van der Waals surface area contributed by atoms with Crippen LogP contribution < -0.4 is 5.56 Å². The Hall–Kier alpha value is -1.19. The van der Waals surface area contributed by atoms with Gasteiger partial charge in [-0.25, -0.2) is 0 Å². The van der Waals surface area contributed by atoms with Crippen LogP contribution in [0.15, 0.2) is 4.79 Å². The van der Waals surface area contributed by atoms with Crippen molar-refractivity contribution in [3.05, 3.63) is 15.9 Å². The summed E-state index contributed by atoms with van der Waals surface area (Å²) >= 11 is 0. The quantitative estimate of drug-likeness (QED) is 0.615. The summed E-state index contributed by atoms with van der Waals surface area (Å²) in [5.74, 6) is 0.278. The van der Waals surface area contributed by atoms with Gasteiger partial charge in [-0.05, 0) is 18.8 Å². The SMILES string of the molecule is O=c1[nH][nH]c(O)c1C1CCCCC1. The standard InChI is InChI=1S/C9H14N2O2/c12-8-7(9(13)11-10-8)6-4-2-1-3-5-6/h6H,1-5H2,(H3,10,11,12,13). The molecule has 0 saturated heterocycles. The predicted octanol–water partition coefficient (Wildman–Crippen LogP) is 1.46. The number of rotatable bonds is 1. The van der Waals surface area contributed by atoms with E-state index in [0.717, 1.165) is 25.7 Å². The fourth-order valence-electron chi connectivity index (χ4n) is 2.13. The Balaban J connectivity index is 2.27. The highest BCUT2D eigenvalue weighted by Gasteiger charge is 2.22. The van der Waals surface area contributed by atoms with Gasteiger partial charge in [-0.3, -0.25) is 15.0 Å². The molecule has 0 bridgehead atoms. The molecule has 0 aromatic carbocycles. The van der Waals surface area contributed by atoms with Gasteiger partial charge >= 0.3 is 0 Å². The number of aromatic nitrogens is 2. The molecule has 0 unspecified atom stereocenters. The van der Waals surface area contributed by atoms with E-state index in [0.29, 0.717) is 5.56 Å². The number of aromatic hydroxyl groups is 1. The van der Waals surface area contributed by atoms with E-state index in [9.17, 15) is 9.90 Å². The highest BCUT2D eigenvalue weighted by atomic mass is 16.3. The molecule has 1 fully saturated rings. The van der Waals surface area contributed by atoms with Gasteiger partial charge in [-0.2, -0.15) is 0 Å². The van der Waals surface area contributed by atoms with Crippen LogP contribution in [0.5, 0.6) is 5.88 Å². The molecule has 4 heteroatoms. The topological polar surface area (TPSA) is 68.9 Å². The summed E-state index contributed by atoms with van der Waals surface area (Å²) in [4.78, 5) is 11.3. The maximum Gasteiger partial charge on any atom is 0.271 e. The van der Waals surface area contributed by atoms with Crippen molar-refractivity contribution in [3.63, 3.8) is 0 Å². The predicted molar refractivity (Wildman–Crippen MR) is 48.9 cm³/mol. The number of hydrogen-bond acceptors (Lipinski definition) is 2. The fraction of sp³-hybridized carbons (Fsp3) is 0.667. The molecule has 4 nitrogen and oxygen atoms in total. The minimum atomic E-state index is -0.163. The normalized spacial score (nSPS) is 19.1. The van der Waals surface area contributed by atoms with E-state index >= 15 is 0 Å². The Morgan fingerprint density at radius 2 is 1.85 bits per heavy atom. The molecular weight excluding hydrogens is 168 g/mol. The molecule has 3 N–H and O–H groups in total. The van der Waals surface area contributed by atoms with Crippen molar-refractivity contribution in [1.29, 1.82) is 0 Å². The summed E-state index contributed by atoms with van der Waals surface area (Å²) in [5, 5.41) is 14.3. The molecule has 0 aliphatic heterocycles. The molecule has 1 heterocycles. The van der Waals surface area contributed by atoms with Gasteiger partial charge in [-0.15, -0.1) is 0 Å². The van der Waals surface area contributed by atoms with Crippen LogP contribution in [0.2, 0.25) is 0 Å². The van der Waals surface area contributed by atoms with Crippen LogP contribution in [0.3, 0.4) is 0 Å². The van der Waals surface area contributed by atoms with Crippen molar-refractivity contribution in [1.82, 2.24) is 10.2 Å². The average Bonchev–Trinajstić information content (AvgIpc) is 2.48. The van der Waals surface area contributed by atoms with Gasteiger partial charge in [0.1, 0.15) is 0 Å². The van der Waals surface area contributed by atoms with Gasteiger partial charge in [0, 0.05) is 0 Å². The second-order valence-corrected chi connectivity index (χ2v) is 3.68. The molecule has 13 heavy (non-hydrogen) atoms. The van der Waals surface area contributed by atoms with E-state index in [1.807, 2.05) is 0 Å². The lowest BCUT2D eigenvalue weighted by atomic mass is 9.85. The van der Waals surface area contributed by atoms with Crippen molar-refractivity contribution in [2.24, 2.45) is 0 Å². The largest absolute Gasteiger partial charge is 0.493 e. The molecular formula is C9H14N2O2. The fourth-order valence-corrected chi connectivity index (χ4v) is 2.13. The van der Waals surface area contributed by atoms with E-state index in [1.165, 1.54) is 6.42 Å². The minimum absolute atomic E-state index is 0.0249. The number of aromatic amines is 2. The summed E-state index contributed by atoms with van der Waals surface area (Å²) in [6, 6.07) is 0. The van der Waals surface area contributed by atoms with Crippen molar-refractivity contribution in [2.75, 3.05) is 0 Å². The molecule has 72 valence electrons. The molecule has 0 atom stereocenters. The van der Waals surface area contributed by atoms with E-state index in [1.54, 1.807) is 0 Å². The van der Waals surface area contributed by atoms with E-state index in [4.69, 9.17) is 0 Å². The van der Waals surface area contributed by atoms with Crippen LogP contribution in [0, 0.1) is 0 Å². The van der Waals surface area contributed by atoms with Gasteiger partial charge in [0.25, 0.3) is 5.56 Å². The Labute approximate surface area is 76.0 Å². The Morgan fingerprint density at radius 3 is 2.38 bits per heavy atom. The third-order valence-corrected chi connectivity index (χ3v) is 2.81. The second kappa shape index (κ2) is 3.28. The van der Waals surface area contributed by atoms with Gasteiger partial charge < -0.3 is 5.11 Å². The van der Waals surface area contributed by atoms with E-state index < -0.39 is 0 Å². The maximum absolute atomic E-state index is 11.3. The first-order chi connectivity index (χ1) is 6.29. The lowest BCUT2D eigenvalue weighted by molar-refractivity contribution is 0.406. The number of nitrogens with one attached hydrogen (secondary N) is 2. The molecule has 0 radical (unpaired) electrons. The average molecular weight is 182 g/mol. The van der Waals surface area contributed by atoms with Crippen LogP contribution >= 0.6 is 0 Å². The van der Waals surface area contributed by atoms with Crippen molar-refractivity contribution < 1.29 is 5.11 Å². The van der Waals surface area contributed by atoms with E-state index in [2.05, 4.69) is 10.2 Å². The zero-order valence-corrected chi connectivity index (χ0v) is 7.47. The monoisotopic (exact) mass is 182 g/mol.